The van der Waals surface area contributed by atoms with E-state index < -0.39 is 0 Å². The van der Waals surface area contributed by atoms with Crippen LogP contribution in [-0.2, 0) is 4.79 Å². The SMILES string of the molecule is CN(C)C(CNC(=O)[C@@H]1CCCN1)c1ccccc1.Cl.Cl. The molecule has 21 heavy (non-hydrogen) atoms. The number of hydrogen-bond donors (Lipinski definition) is 2. The molecular weight excluding hydrogens is 309 g/mol. The van der Waals surface area contributed by atoms with E-state index in [0.29, 0.717) is 6.54 Å². The highest BCUT2D eigenvalue weighted by Crippen LogP contribution is 2.16. The largest absolute Gasteiger partial charge is 0.353 e. The molecule has 1 aromatic rings. The van der Waals surface area contributed by atoms with Gasteiger partial charge in [-0.2, -0.15) is 0 Å². The second-order valence-corrected chi connectivity index (χ2v) is 5.28. The van der Waals surface area contributed by atoms with E-state index >= 15 is 0 Å². The summed E-state index contributed by atoms with van der Waals surface area (Å²) in [6.45, 7) is 1.60. The van der Waals surface area contributed by atoms with Crippen molar-refractivity contribution in [3.63, 3.8) is 0 Å². The number of benzene rings is 1. The van der Waals surface area contributed by atoms with Gasteiger partial charge in [-0.15, -0.1) is 24.8 Å². The molecule has 0 saturated carbocycles. The van der Waals surface area contributed by atoms with Crippen LogP contribution in [0, 0.1) is 0 Å². The average molecular weight is 334 g/mol. The third-order valence-electron chi connectivity index (χ3n) is 3.65. The maximum atomic E-state index is 12.0. The molecule has 4 nitrogen and oxygen atoms in total. The molecule has 0 radical (unpaired) electrons. The number of amides is 1. The second kappa shape index (κ2) is 10.0. The van der Waals surface area contributed by atoms with Crippen LogP contribution in [0.4, 0.5) is 0 Å². The molecule has 1 aliphatic rings. The molecule has 1 unspecified atom stereocenters. The van der Waals surface area contributed by atoms with Crippen LogP contribution in [0.25, 0.3) is 0 Å². The first-order valence-corrected chi connectivity index (χ1v) is 6.91. The summed E-state index contributed by atoms with van der Waals surface area (Å²) in [5, 5.41) is 6.28. The normalized spacial score (nSPS) is 18.5. The number of rotatable bonds is 5. The summed E-state index contributed by atoms with van der Waals surface area (Å²) in [6.07, 6.45) is 2.04. The van der Waals surface area contributed by atoms with Crippen molar-refractivity contribution < 1.29 is 4.79 Å². The van der Waals surface area contributed by atoms with E-state index in [-0.39, 0.29) is 42.8 Å². The summed E-state index contributed by atoms with van der Waals surface area (Å²) < 4.78 is 0. The zero-order chi connectivity index (χ0) is 13.7. The molecule has 0 bridgehead atoms. The lowest BCUT2D eigenvalue weighted by molar-refractivity contribution is -0.123. The highest BCUT2D eigenvalue weighted by molar-refractivity contribution is 5.85. The van der Waals surface area contributed by atoms with Gasteiger partial charge >= 0.3 is 0 Å². The van der Waals surface area contributed by atoms with Crippen LogP contribution in [0.2, 0.25) is 0 Å². The van der Waals surface area contributed by atoms with Crippen molar-refractivity contribution in [3.8, 4) is 0 Å². The minimum Gasteiger partial charge on any atom is -0.353 e. The van der Waals surface area contributed by atoms with Crippen molar-refractivity contribution in [2.45, 2.75) is 24.9 Å². The molecule has 0 aliphatic carbocycles. The van der Waals surface area contributed by atoms with E-state index in [0.717, 1.165) is 19.4 Å². The Labute approximate surface area is 139 Å². The van der Waals surface area contributed by atoms with Crippen molar-refractivity contribution in [3.05, 3.63) is 35.9 Å². The van der Waals surface area contributed by atoms with Gasteiger partial charge in [-0.3, -0.25) is 4.79 Å². The Hall–Kier alpha value is -0.810. The first-order valence-electron chi connectivity index (χ1n) is 6.91. The van der Waals surface area contributed by atoms with Crippen LogP contribution < -0.4 is 10.6 Å². The van der Waals surface area contributed by atoms with E-state index in [9.17, 15) is 4.79 Å². The van der Waals surface area contributed by atoms with Crippen molar-refractivity contribution in [2.24, 2.45) is 0 Å². The minimum absolute atomic E-state index is 0. The third kappa shape index (κ3) is 5.83. The maximum Gasteiger partial charge on any atom is 0.237 e. The smallest absolute Gasteiger partial charge is 0.237 e. The number of nitrogens with one attached hydrogen (secondary N) is 2. The highest BCUT2D eigenvalue weighted by Gasteiger charge is 2.23. The van der Waals surface area contributed by atoms with Gasteiger partial charge in [0.15, 0.2) is 0 Å². The summed E-state index contributed by atoms with van der Waals surface area (Å²) in [4.78, 5) is 14.1. The number of carbonyl (C=O) groups is 1. The van der Waals surface area contributed by atoms with Gasteiger partial charge in [0, 0.05) is 6.54 Å². The molecule has 120 valence electrons. The number of nitrogens with zero attached hydrogens (tertiary/aromatic N) is 1. The van der Waals surface area contributed by atoms with Crippen LogP contribution in [0.5, 0.6) is 0 Å². The van der Waals surface area contributed by atoms with Gasteiger partial charge in [0.1, 0.15) is 0 Å². The molecule has 2 rings (SSSR count). The summed E-state index contributed by atoms with van der Waals surface area (Å²) >= 11 is 0. The monoisotopic (exact) mass is 333 g/mol. The third-order valence-corrected chi connectivity index (χ3v) is 3.65. The van der Waals surface area contributed by atoms with Gasteiger partial charge in [-0.25, -0.2) is 0 Å². The molecule has 0 aromatic heterocycles. The summed E-state index contributed by atoms with van der Waals surface area (Å²) in [5.41, 5.74) is 1.23. The molecule has 1 saturated heterocycles. The lowest BCUT2D eigenvalue weighted by Gasteiger charge is -2.25. The predicted octanol–water partition coefficient (Wildman–Crippen LogP) is 2.00. The summed E-state index contributed by atoms with van der Waals surface area (Å²) in [5.74, 6) is 0.125. The van der Waals surface area contributed by atoms with E-state index in [1.54, 1.807) is 0 Å². The fourth-order valence-corrected chi connectivity index (χ4v) is 2.50. The average Bonchev–Trinajstić information content (AvgIpc) is 2.93. The Morgan fingerprint density at radius 2 is 2.00 bits per heavy atom. The molecule has 1 aliphatic heterocycles. The Morgan fingerprint density at radius 3 is 2.52 bits per heavy atom. The van der Waals surface area contributed by atoms with Crippen LogP contribution in [-0.4, -0.2) is 44.0 Å². The first kappa shape index (κ1) is 20.2. The second-order valence-electron chi connectivity index (χ2n) is 5.28. The van der Waals surface area contributed by atoms with Crippen molar-refractivity contribution in [2.75, 3.05) is 27.2 Å². The zero-order valence-corrected chi connectivity index (χ0v) is 14.2. The Morgan fingerprint density at radius 1 is 1.33 bits per heavy atom. The van der Waals surface area contributed by atoms with Crippen LogP contribution >= 0.6 is 24.8 Å². The molecule has 1 heterocycles. The Bertz CT molecular complexity index is 409. The van der Waals surface area contributed by atoms with Gasteiger partial charge in [0.05, 0.1) is 12.1 Å². The molecule has 0 spiro atoms. The van der Waals surface area contributed by atoms with Gasteiger partial charge in [0.25, 0.3) is 0 Å². The summed E-state index contributed by atoms with van der Waals surface area (Å²) in [7, 11) is 4.08. The van der Waals surface area contributed by atoms with Crippen LogP contribution in [0.15, 0.2) is 30.3 Å². The van der Waals surface area contributed by atoms with Crippen molar-refractivity contribution >= 4 is 30.7 Å². The number of halogens is 2. The van der Waals surface area contributed by atoms with Crippen LogP contribution in [0.3, 0.4) is 0 Å². The van der Waals surface area contributed by atoms with E-state index in [1.807, 2.05) is 32.3 Å². The zero-order valence-electron chi connectivity index (χ0n) is 12.5. The minimum atomic E-state index is -0.00131. The number of carbonyl (C=O) groups excluding carboxylic acids is 1. The quantitative estimate of drug-likeness (QED) is 0.866. The Kier molecular flexibility index (Phi) is 9.62. The predicted molar refractivity (Wildman–Crippen MR) is 91.4 cm³/mol. The molecule has 1 amide bonds. The standard InChI is InChI=1S/C15H23N3O.2ClH/c1-18(2)14(12-7-4-3-5-8-12)11-17-15(19)13-9-6-10-16-13;;/h3-5,7-8,13-14,16H,6,9-11H2,1-2H3,(H,17,19);2*1H/t13-,14?;;/m0../s1. The first-order chi connectivity index (χ1) is 9.18. The van der Waals surface area contributed by atoms with Gasteiger partial charge in [-0.05, 0) is 39.0 Å². The van der Waals surface area contributed by atoms with E-state index in [4.69, 9.17) is 0 Å². The Balaban J connectivity index is 0.00000200. The highest BCUT2D eigenvalue weighted by atomic mass is 35.5. The van der Waals surface area contributed by atoms with Gasteiger partial charge in [-0.1, -0.05) is 30.3 Å². The number of hydrogen-bond acceptors (Lipinski definition) is 3. The molecule has 2 atom stereocenters. The van der Waals surface area contributed by atoms with E-state index in [1.165, 1.54) is 5.56 Å². The lowest BCUT2D eigenvalue weighted by atomic mass is 10.1. The molecule has 2 N–H and O–H groups in total. The summed E-state index contributed by atoms with van der Waals surface area (Å²) in [6, 6.07) is 10.5. The molecule has 1 aromatic carbocycles. The lowest BCUT2D eigenvalue weighted by Crippen LogP contribution is -2.43. The molecule has 1 fully saturated rings. The van der Waals surface area contributed by atoms with Crippen LogP contribution in [0.1, 0.15) is 24.4 Å². The topological polar surface area (TPSA) is 44.4 Å². The number of likely N-dealkylation sites (N-methyl/N-ethyl adjacent to an activating group) is 1. The molecular formula is C15H25Cl2N3O. The fourth-order valence-electron chi connectivity index (χ4n) is 2.50. The van der Waals surface area contributed by atoms with Crippen molar-refractivity contribution in [1.29, 1.82) is 0 Å². The maximum absolute atomic E-state index is 12.0. The van der Waals surface area contributed by atoms with E-state index in [2.05, 4.69) is 27.7 Å². The molecule has 6 heteroatoms. The van der Waals surface area contributed by atoms with Gasteiger partial charge in [0.2, 0.25) is 5.91 Å². The van der Waals surface area contributed by atoms with Gasteiger partial charge < -0.3 is 15.5 Å². The fraction of sp³-hybridized carbons (Fsp3) is 0.533. The van der Waals surface area contributed by atoms with Crippen molar-refractivity contribution in [1.82, 2.24) is 15.5 Å².